The van der Waals surface area contributed by atoms with Crippen LogP contribution in [-0.2, 0) is 14.3 Å². The van der Waals surface area contributed by atoms with E-state index in [4.69, 9.17) is 4.74 Å². The molecular weight excluding hydrogens is 447 g/mol. The summed E-state index contributed by atoms with van der Waals surface area (Å²) in [7, 11) is 3.16. The molecule has 0 aromatic rings. The predicted octanol–water partition coefficient (Wildman–Crippen LogP) is 1.57. The van der Waals surface area contributed by atoms with Gasteiger partial charge in [0.25, 0.3) is 0 Å². The van der Waals surface area contributed by atoms with Gasteiger partial charge in [-0.15, -0.1) is 24.0 Å². The number of esters is 1. The lowest BCUT2D eigenvalue weighted by Gasteiger charge is -2.31. The number of amides is 1. The number of carbonyl (C=O) groups excluding carboxylic acids is 2. The average molecular weight is 480 g/mol. The summed E-state index contributed by atoms with van der Waals surface area (Å²) in [6, 6.07) is 0. The van der Waals surface area contributed by atoms with Gasteiger partial charge in [0, 0.05) is 46.2 Å². The molecule has 8 heteroatoms. The number of guanidine groups is 1. The van der Waals surface area contributed by atoms with Crippen molar-refractivity contribution >= 4 is 41.8 Å². The second-order valence-corrected chi connectivity index (χ2v) is 7.32. The molecule has 1 amide bonds. The van der Waals surface area contributed by atoms with Gasteiger partial charge in [-0.25, -0.2) is 0 Å². The molecule has 1 N–H and O–H groups in total. The van der Waals surface area contributed by atoms with Crippen LogP contribution in [0.15, 0.2) is 4.99 Å². The van der Waals surface area contributed by atoms with Crippen molar-refractivity contribution in [3.8, 4) is 0 Å². The number of halogens is 1. The molecule has 3 atom stereocenters. The molecule has 0 saturated carbocycles. The Balaban J connectivity index is 0.00000338. The highest BCUT2D eigenvalue weighted by molar-refractivity contribution is 14.0. The Morgan fingerprint density at radius 1 is 1.19 bits per heavy atom. The highest BCUT2D eigenvalue weighted by atomic mass is 127. The van der Waals surface area contributed by atoms with Crippen LogP contribution in [0.25, 0.3) is 0 Å². The Kier molecular flexibility index (Phi) is 9.67. The van der Waals surface area contributed by atoms with Gasteiger partial charge in [-0.1, -0.05) is 13.8 Å². The van der Waals surface area contributed by atoms with Crippen molar-refractivity contribution in [2.75, 3.05) is 46.9 Å². The summed E-state index contributed by atoms with van der Waals surface area (Å²) in [5, 5.41) is 3.27. The summed E-state index contributed by atoms with van der Waals surface area (Å²) in [6.07, 6.45) is 2.78. The van der Waals surface area contributed by atoms with Crippen LogP contribution < -0.4 is 5.32 Å². The largest absolute Gasteiger partial charge is 0.469 e. The maximum atomic E-state index is 12.3. The normalized spacial score (nSPS) is 26.3. The summed E-state index contributed by atoms with van der Waals surface area (Å²) < 4.78 is 4.88. The van der Waals surface area contributed by atoms with Crippen LogP contribution in [0.3, 0.4) is 0 Å². The molecule has 2 fully saturated rings. The number of ether oxygens (including phenoxy) is 1. The fraction of sp³-hybridized carbons (Fsp3) is 0.833. The number of hydrogen-bond donors (Lipinski definition) is 1. The second kappa shape index (κ2) is 10.9. The molecule has 2 rings (SSSR count). The average Bonchev–Trinajstić information content (AvgIpc) is 2.99. The zero-order valence-corrected chi connectivity index (χ0v) is 18.7. The summed E-state index contributed by atoms with van der Waals surface area (Å²) in [5.41, 5.74) is 0. The molecule has 0 bridgehead atoms. The molecule has 0 aliphatic carbocycles. The van der Waals surface area contributed by atoms with E-state index in [9.17, 15) is 9.59 Å². The minimum atomic E-state index is -0.167. The summed E-state index contributed by atoms with van der Waals surface area (Å²) in [6.45, 7) is 7.92. The van der Waals surface area contributed by atoms with E-state index in [1.165, 1.54) is 13.5 Å². The zero-order chi connectivity index (χ0) is 18.4. The van der Waals surface area contributed by atoms with Gasteiger partial charge in [0.15, 0.2) is 5.96 Å². The first-order valence-corrected chi connectivity index (χ1v) is 9.27. The van der Waals surface area contributed by atoms with Gasteiger partial charge >= 0.3 is 5.97 Å². The topological polar surface area (TPSA) is 74.2 Å². The minimum absolute atomic E-state index is 0. The SMILES string of the molecule is CN=C(NCCC(=O)N1CCCC(C)C1)N1CC(C)C(C(=O)OC)C1.I. The molecule has 0 aromatic carbocycles. The number of hydrogen-bond acceptors (Lipinski definition) is 4. The van der Waals surface area contributed by atoms with Gasteiger partial charge in [-0.2, -0.15) is 0 Å². The van der Waals surface area contributed by atoms with Gasteiger partial charge in [0.1, 0.15) is 0 Å². The zero-order valence-electron chi connectivity index (χ0n) is 16.4. The van der Waals surface area contributed by atoms with E-state index < -0.39 is 0 Å². The number of likely N-dealkylation sites (tertiary alicyclic amines) is 2. The number of piperidine rings is 1. The van der Waals surface area contributed by atoms with Crippen LogP contribution >= 0.6 is 24.0 Å². The Morgan fingerprint density at radius 2 is 1.92 bits per heavy atom. The van der Waals surface area contributed by atoms with Crippen molar-refractivity contribution in [3.63, 3.8) is 0 Å². The first kappa shape index (κ1) is 23.0. The Hall–Kier alpha value is -1.06. The molecule has 0 spiro atoms. The van der Waals surface area contributed by atoms with Gasteiger partial charge < -0.3 is 19.9 Å². The van der Waals surface area contributed by atoms with E-state index in [0.29, 0.717) is 25.4 Å². The molecule has 150 valence electrons. The number of nitrogens with zero attached hydrogens (tertiary/aromatic N) is 3. The molecule has 0 aromatic heterocycles. The Morgan fingerprint density at radius 3 is 2.54 bits per heavy atom. The Bertz CT molecular complexity index is 515. The van der Waals surface area contributed by atoms with Crippen LogP contribution in [0.2, 0.25) is 0 Å². The third kappa shape index (κ3) is 5.99. The van der Waals surface area contributed by atoms with Crippen LogP contribution in [0.5, 0.6) is 0 Å². The van der Waals surface area contributed by atoms with E-state index in [1.807, 2.05) is 4.90 Å². The standard InChI is InChI=1S/C18H32N4O3.HI/c1-13-6-5-9-21(10-13)16(23)7-8-20-18(19-3)22-11-14(2)15(12-22)17(24)25-4;/h13-15H,5-12H2,1-4H3,(H,19,20);1H. The third-order valence-corrected chi connectivity index (χ3v) is 5.26. The molecule has 2 heterocycles. The number of rotatable bonds is 4. The van der Waals surface area contributed by atoms with E-state index in [-0.39, 0.29) is 47.7 Å². The Labute approximate surface area is 173 Å². The van der Waals surface area contributed by atoms with Crippen molar-refractivity contribution in [1.29, 1.82) is 0 Å². The number of aliphatic imine (C=N–C) groups is 1. The van der Waals surface area contributed by atoms with E-state index >= 15 is 0 Å². The lowest BCUT2D eigenvalue weighted by atomic mass is 9.99. The van der Waals surface area contributed by atoms with Crippen LogP contribution in [0.4, 0.5) is 0 Å². The number of carbonyl (C=O) groups is 2. The molecular formula is C18H33IN4O3. The molecule has 2 saturated heterocycles. The van der Waals surface area contributed by atoms with Gasteiger partial charge in [-0.3, -0.25) is 14.6 Å². The summed E-state index contributed by atoms with van der Waals surface area (Å²) in [4.78, 5) is 32.5. The lowest BCUT2D eigenvalue weighted by molar-refractivity contribution is -0.146. The van der Waals surface area contributed by atoms with Crippen LogP contribution in [0.1, 0.15) is 33.1 Å². The molecule has 2 aliphatic rings. The van der Waals surface area contributed by atoms with Gasteiger partial charge in [0.05, 0.1) is 13.0 Å². The van der Waals surface area contributed by atoms with E-state index in [2.05, 4.69) is 29.1 Å². The van der Waals surface area contributed by atoms with E-state index in [0.717, 1.165) is 32.0 Å². The first-order chi connectivity index (χ1) is 12.0. The predicted molar refractivity (Wildman–Crippen MR) is 113 cm³/mol. The molecule has 0 radical (unpaired) electrons. The maximum absolute atomic E-state index is 12.3. The fourth-order valence-corrected chi connectivity index (χ4v) is 3.79. The number of nitrogens with one attached hydrogen (secondary N) is 1. The maximum Gasteiger partial charge on any atom is 0.310 e. The third-order valence-electron chi connectivity index (χ3n) is 5.26. The molecule has 3 unspecified atom stereocenters. The lowest BCUT2D eigenvalue weighted by Crippen LogP contribution is -2.43. The highest BCUT2D eigenvalue weighted by Crippen LogP contribution is 2.24. The molecule has 26 heavy (non-hydrogen) atoms. The van der Waals surface area contributed by atoms with Crippen LogP contribution in [0, 0.1) is 17.8 Å². The highest BCUT2D eigenvalue weighted by Gasteiger charge is 2.36. The van der Waals surface area contributed by atoms with Crippen molar-refractivity contribution < 1.29 is 14.3 Å². The van der Waals surface area contributed by atoms with Crippen molar-refractivity contribution in [3.05, 3.63) is 0 Å². The van der Waals surface area contributed by atoms with E-state index in [1.54, 1.807) is 7.05 Å². The van der Waals surface area contributed by atoms with Crippen molar-refractivity contribution in [2.45, 2.75) is 33.1 Å². The quantitative estimate of drug-likeness (QED) is 0.286. The summed E-state index contributed by atoms with van der Waals surface area (Å²) >= 11 is 0. The van der Waals surface area contributed by atoms with Gasteiger partial charge in [0.2, 0.25) is 5.91 Å². The smallest absolute Gasteiger partial charge is 0.310 e. The minimum Gasteiger partial charge on any atom is -0.469 e. The van der Waals surface area contributed by atoms with Crippen LogP contribution in [-0.4, -0.2) is 74.5 Å². The fourth-order valence-electron chi connectivity index (χ4n) is 3.79. The number of methoxy groups -OCH3 is 1. The monoisotopic (exact) mass is 480 g/mol. The van der Waals surface area contributed by atoms with Crippen molar-refractivity contribution in [1.82, 2.24) is 15.1 Å². The van der Waals surface area contributed by atoms with Gasteiger partial charge in [-0.05, 0) is 24.7 Å². The van der Waals surface area contributed by atoms with Crippen molar-refractivity contribution in [2.24, 2.45) is 22.7 Å². The molecule has 7 nitrogen and oxygen atoms in total. The second-order valence-electron chi connectivity index (χ2n) is 7.32. The summed E-state index contributed by atoms with van der Waals surface area (Å²) in [5.74, 6) is 1.48. The first-order valence-electron chi connectivity index (χ1n) is 9.27. The molecule has 2 aliphatic heterocycles.